The SMILES string of the molecule is CC1CCSC(=NN=Cc2ccc(-c3ncn(-c4ccc(OC(F)(F)F)cc4)n3)cc2)N1c1ccccc1OC(F)F. The van der Waals surface area contributed by atoms with Crippen LogP contribution in [0.1, 0.15) is 18.9 Å². The predicted octanol–water partition coefficient (Wildman–Crippen LogP) is 7.16. The maximum Gasteiger partial charge on any atom is 0.573 e. The molecule has 1 aliphatic rings. The molecule has 1 fully saturated rings. The predicted molar refractivity (Wildman–Crippen MR) is 151 cm³/mol. The van der Waals surface area contributed by atoms with Crippen molar-refractivity contribution in [1.82, 2.24) is 14.8 Å². The third kappa shape index (κ3) is 7.24. The Hall–Kier alpha value is -4.46. The molecule has 1 atom stereocenters. The molecule has 0 bridgehead atoms. The summed E-state index contributed by atoms with van der Waals surface area (Å²) in [6.45, 7) is -0.957. The summed E-state index contributed by atoms with van der Waals surface area (Å²) in [5.41, 5.74) is 2.48. The molecule has 1 unspecified atom stereocenters. The third-order valence-electron chi connectivity index (χ3n) is 6.10. The van der Waals surface area contributed by atoms with Crippen molar-refractivity contribution >= 4 is 28.8 Å². The van der Waals surface area contributed by atoms with E-state index in [1.807, 2.05) is 24.0 Å². The second-order valence-corrected chi connectivity index (χ2v) is 10.1. The van der Waals surface area contributed by atoms with Gasteiger partial charge in [0, 0.05) is 17.4 Å². The lowest BCUT2D eigenvalue weighted by Gasteiger charge is -2.35. The number of aromatic nitrogens is 3. The van der Waals surface area contributed by atoms with Crippen LogP contribution in [0.2, 0.25) is 0 Å². The highest BCUT2D eigenvalue weighted by molar-refractivity contribution is 8.14. The summed E-state index contributed by atoms with van der Waals surface area (Å²) in [5, 5.41) is 13.6. The lowest BCUT2D eigenvalue weighted by Crippen LogP contribution is -2.41. The van der Waals surface area contributed by atoms with Crippen LogP contribution in [0.15, 0.2) is 89.3 Å². The lowest BCUT2D eigenvalue weighted by atomic mass is 10.1. The zero-order chi connectivity index (χ0) is 29.7. The minimum absolute atomic E-state index is 0.000344. The van der Waals surface area contributed by atoms with Crippen LogP contribution < -0.4 is 14.4 Å². The van der Waals surface area contributed by atoms with Crippen molar-refractivity contribution < 1.29 is 31.4 Å². The standard InChI is InChI=1S/C28H23F5N6O2S/c1-18-14-15-42-27(39(18)23-4-2-3-5-24(23)40-26(29)30)36-35-16-19-6-8-20(9-7-19)25-34-17-38(37-25)21-10-12-22(13-11-21)41-28(31,32)33/h2-13,16-18,26H,14-15H2,1H3. The lowest BCUT2D eigenvalue weighted by molar-refractivity contribution is -0.274. The quantitative estimate of drug-likeness (QED) is 0.121. The summed E-state index contributed by atoms with van der Waals surface area (Å²) < 4.78 is 73.2. The van der Waals surface area contributed by atoms with E-state index in [2.05, 4.69) is 25.0 Å². The van der Waals surface area contributed by atoms with Gasteiger partial charge < -0.3 is 14.4 Å². The Balaban J connectivity index is 1.28. The molecular formula is C28H23F5N6O2S. The first-order valence-corrected chi connectivity index (χ1v) is 13.6. The first-order chi connectivity index (χ1) is 20.2. The highest BCUT2D eigenvalue weighted by Gasteiger charge is 2.31. The molecule has 14 heteroatoms. The molecule has 0 radical (unpaired) electrons. The van der Waals surface area contributed by atoms with Crippen molar-refractivity contribution in [2.45, 2.75) is 32.4 Å². The molecule has 1 aliphatic heterocycles. The van der Waals surface area contributed by atoms with Gasteiger partial charge in [0.25, 0.3) is 0 Å². The molecule has 0 amide bonds. The van der Waals surface area contributed by atoms with E-state index in [1.54, 1.807) is 36.5 Å². The highest BCUT2D eigenvalue weighted by atomic mass is 32.2. The van der Waals surface area contributed by atoms with Gasteiger partial charge in [-0.1, -0.05) is 48.2 Å². The number of ether oxygens (including phenoxy) is 2. The number of nitrogens with zero attached hydrogens (tertiary/aromatic N) is 6. The monoisotopic (exact) mass is 602 g/mol. The molecule has 42 heavy (non-hydrogen) atoms. The van der Waals surface area contributed by atoms with Crippen LogP contribution >= 0.6 is 11.8 Å². The van der Waals surface area contributed by atoms with E-state index in [4.69, 9.17) is 4.74 Å². The average molecular weight is 603 g/mol. The van der Waals surface area contributed by atoms with E-state index in [-0.39, 0.29) is 17.5 Å². The highest BCUT2D eigenvalue weighted by Crippen LogP contribution is 2.36. The number of hydrogen-bond donors (Lipinski definition) is 0. The van der Waals surface area contributed by atoms with Gasteiger partial charge in [-0.05, 0) is 55.3 Å². The van der Waals surface area contributed by atoms with E-state index in [9.17, 15) is 22.0 Å². The van der Waals surface area contributed by atoms with Crippen molar-refractivity contribution in [3.05, 3.63) is 84.7 Å². The second kappa shape index (κ2) is 12.6. The summed E-state index contributed by atoms with van der Waals surface area (Å²) >= 11 is 1.48. The number of anilines is 1. The summed E-state index contributed by atoms with van der Waals surface area (Å²) in [4.78, 5) is 6.14. The molecule has 0 N–H and O–H groups in total. The van der Waals surface area contributed by atoms with Gasteiger partial charge in [0.15, 0.2) is 11.0 Å². The van der Waals surface area contributed by atoms with Crippen LogP contribution in [0, 0.1) is 0 Å². The fourth-order valence-corrected chi connectivity index (χ4v) is 5.32. The molecule has 1 saturated heterocycles. The Kier molecular flexibility index (Phi) is 8.71. The summed E-state index contributed by atoms with van der Waals surface area (Å²) in [6, 6.07) is 19.1. The Bertz CT molecular complexity index is 1560. The zero-order valence-electron chi connectivity index (χ0n) is 21.9. The molecular weight excluding hydrogens is 579 g/mol. The zero-order valence-corrected chi connectivity index (χ0v) is 22.8. The Labute approximate surface area is 241 Å². The van der Waals surface area contributed by atoms with E-state index in [0.717, 1.165) is 17.7 Å². The third-order valence-corrected chi connectivity index (χ3v) is 7.08. The fourth-order valence-electron chi connectivity index (χ4n) is 4.16. The van der Waals surface area contributed by atoms with E-state index < -0.39 is 13.0 Å². The van der Waals surface area contributed by atoms with Crippen molar-refractivity contribution in [3.63, 3.8) is 0 Å². The molecule has 5 rings (SSSR count). The molecule has 2 heterocycles. The van der Waals surface area contributed by atoms with Crippen LogP contribution in [-0.2, 0) is 0 Å². The molecule has 0 spiro atoms. The molecule has 3 aromatic carbocycles. The van der Waals surface area contributed by atoms with Gasteiger partial charge in [-0.25, -0.2) is 9.67 Å². The van der Waals surface area contributed by atoms with Crippen molar-refractivity contribution in [2.24, 2.45) is 10.2 Å². The summed E-state index contributed by atoms with van der Waals surface area (Å²) in [7, 11) is 0. The molecule has 4 aromatic rings. The van der Waals surface area contributed by atoms with Gasteiger partial charge in [0.1, 0.15) is 17.8 Å². The van der Waals surface area contributed by atoms with Crippen LogP contribution in [0.4, 0.5) is 27.6 Å². The molecule has 0 saturated carbocycles. The minimum atomic E-state index is -4.76. The molecule has 218 valence electrons. The maximum atomic E-state index is 13.0. The van der Waals surface area contributed by atoms with Gasteiger partial charge in [-0.15, -0.1) is 23.4 Å². The van der Waals surface area contributed by atoms with E-state index in [1.165, 1.54) is 53.1 Å². The van der Waals surface area contributed by atoms with Gasteiger partial charge >= 0.3 is 13.0 Å². The summed E-state index contributed by atoms with van der Waals surface area (Å²) in [6.07, 6.45) is -0.897. The van der Waals surface area contributed by atoms with E-state index in [0.29, 0.717) is 27.9 Å². The fraction of sp³-hybridized carbons (Fsp3) is 0.214. The second-order valence-electron chi connectivity index (χ2n) is 9.01. The molecule has 0 aliphatic carbocycles. The van der Waals surface area contributed by atoms with Crippen LogP contribution in [0.5, 0.6) is 11.5 Å². The van der Waals surface area contributed by atoms with Gasteiger partial charge in [-0.2, -0.15) is 13.9 Å². The van der Waals surface area contributed by atoms with Crippen molar-refractivity contribution in [3.8, 4) is 28.6 Å². The van der Waals surface area contributed by atoms with E-state index >= 15 is 0 Å². The van der Waals surface area contributed by atoms with Crippen molar-refractivity contribution in [2.75, 3.05) is 10.7 Å². The molecule has 1 aromatic heterocycles. The Morgan fingerprint density at radius 3 is 2.48 bits per heavy atom. The Morgan fingerprint density at radius 1 is 1.02 bits per heavy atom. The van der Waals surface area contributed by atoms with Gasteiger partial charge in [0.05, 0.1) is 17.6 Å². The smallest absolute Gasteiger partial charge is 0.433 e. The first kappa shape index (κ1) is 29.0. The van der Waals surface area contributed by atoms with Crippen LogP contribution in [0.25, 0.3) is 17.1 Å². The number of benzene rings is 3. The Morgan fingerprint density at radius 2 is 1.76 bits per heavy atom. The normalized spacial score (nSPS) is 16.9. The van der Waals surface area contributed by atoms with Crippen molar-refractivity contribution in [1.29, 1.82) is 0 Å². The number of hydrogen-bond acceptors (Lipinski definition) is 7. The van der Waals surface area contributed by atoms with Gasteiger partial charge in [0.2, 0.25) is 0 Å². The molecule has 8 nitrogen and oxygen atoms in total. The van der Waals surface area contributed by atoms with Crippen LogP contribution in [-0.4, -0.2) is 50.9 Å². The minimum Gasteiger partial charge on any atom is -0.433 e. The first-order valence-electron chi connectivity index (χ1n) is 12.6. The largest absolute Gasteiger partial charge is 0.573 e. The topological polar surface area (TPSA) is 77.1 Å². The van der Waals surface area contributed by atoms with Gasteiger partial charge in [-0.3, -0.25) is 0 Å². The number of amidine groups is 1. The summed E-state index contributed by atoms with van der Waals surface area (Å²) in [5.74, 6) is 0.966. The average Bonchev–Trinajstić information content (AvgIpc) is 3.44. The maximum absolute atomic E-state index is 13.0. The number of thioether (sulfide) groups is 1. The number of rotatable bonds is 8. The number of halogens is 5. The number of alkyl halides is 5. The van der Waals surface area contributed by atoms with Crippen LogP contribution in [0.3, 0.4) is 0 Å². The number of para-hydroxylation sites is 2.